The molecule has 0 aliphatic rings. The van der Waals surface area contributed by atoms with E-state index in [9.17, 15) is 8.42 Å². The standard InChI is InChI=1S/C20H22N6O3S/c1-4-18(29-3)14-8-9-21-19(10-14)26-13-16(12-23-26)30(27,28)24-17-7-5-6-15-11-22-25(2)20(15)17/h5-13,18,24H,4H2,1-3H3/t18-/m1/s1. The minimum atomic E-state index is -3.85. The number of hydrogen-bond acceptors (Lipinski definition) is 6. The van der Waals surface area contributed by atoms with E-state index in [0.29, 0.717) is 17.0 Å². The summed E-state index contributed by atoms with van der Waals surface area (Å²) in [5, 5.41) is 9.22. The lowest BCUT2D eigenvalue weighted by molar-refractivity contribution is 0.0999. The van der Waals surface area contributed by atoms with Crippen LogP contribution in [0.15, 0.2) is 60.0 Å². The number of methoxy groups -OCH3 is 1. The van der Waals surface area contributed by atoms with Crippen molar-refractivity contribution in [3.63, 3.8) is 0 Å². The number of anilines is 1. The van der Waals surface area contributed by atoms with Gasteiger partial charge in [-0.1, -0.05) is 19.1 Å². The van der Waals surface area contributed by atoms with Gasteiger partial charge in [-0.3, -0.25) is 9.40 Å². The van der Waals surface area contributed by atoms with Crippen molar-refractivity contribution in [2.45, 2.75) is 24.3 Å². The molecule has 0 aliphatic heterocycles. The predicted molar refractivity (Wildman–Crippen MR) is 113 cm³/mol. The molecular formula is C20H22N6O3S. The molecule has 0 saturated carbocycles. The highest BCUT2D eigenvalue weighted by Crippen LogP contribution is 2.26. The lowest BCUT2D eigenvalue weighted by atomic mass is 10.1. The number of aryl methyl sites for hydroxylation is 1. The molecule has 3 aromatic heterocycles. The minimum Gasteiger partial charge on any atom is -0.377 e. The van der Waals surface area contributed by atoms with E-state index in [1.165, 1.54) is 17.1 Å². The lowest BCUT2D eigenvalue weighted by Crippen LogP contribution is -2.13. The van der Waals surface area contributed by atoms with Crippen LogP contribution >= 0.6 is 0 Å². The maximum absolute atomic E-state index is 13.0. The molecule has 9 nitrogen and oxygen atoms in total. The molecule has 0 saturated heterocycles. The first-order chi connectivity index (χ1) is 14.4. The molecule has 0 aliphatic carbocycles. The Morgan fingerprint density at radius 2 is 2.03 bits per heavy atom. The van der Waals surface area contributed by atoms with Crippen LogP contribution in [0.5, 0.6) is 0 Å². The number of nitrogens with one attached hydrogen (secondary N) is 1. The van der Waals surface area contributed by atoms with E-state index in [4.69, 9.17) is 4.74 Å². The molecule has 1 atom stereocenters. The Morgan fingerprint density at radius 3 is 2.80 bits per heavy atom. The van der Waals surface area contributed by atoms with Gasteiger partial charge in [0.2, 0.25) is 0 Å². The van der Waals surface area contributed by atoms with Crippen molar-refractivity contribution in [3.8, 4) is 5.82 Å². The van der Waals surface area contributed by atoms with Crippen molar-refractivity contribution >= 4 is 26.6 Å². The molecule has 0 fully saturated rings. The first-order valence-electron chi connectivity index (χ1n) is 9.40. The van der Waals surface area contributed by atoms with Gasteiger partial charge in [-0.15, -0.1) is 0 Å². The summed E-state index contributed by atoms with van der Waals surface area (Å²) < 4.78 is 37.1. The number of sulfonamides is 1. The van der Waals surface area contributed by atoms with Gasteiger partial charge in [0.05, 0.1) is 35.9 Å². The Labute approximate surface area is 174 Å². The van der Waals surface area contributed by atoms with Crippen molar-refractivity contribution in [2.24, 2.45) is 7.05 Å². The quantitative estimate of drug-likeness (QED) is 0.487. The Kier molecular flexibility index (Phi) is 5.27. The number of fused-ring (bicyclic) bond motifs is 1. The minimum absolute atomic E-state index is 0.0349. The maximum atomic E-state index is 13.0. The number of rotatable bonds is 7. The number of nitrogens with zero attached hydrogens (tertiary/aromatic N) is 5. The summed E-state index contributed by atoms with van der Waals surface area (Å²) in [7, 11) is -0.431. The first-order valence-corrected chi connectivity index (χ1v) is 10.9. The predicted octanol–water partition coefficient (Wildman–Crippen LogP) is 3.05. The summed E-state index contributed by atoms with van der Waals surface area (Å²) in [5.74, 6) is 0.512. The third kappa shape index (κ3) is 3.66. The molecule has 4 rings (SSSR count). The summed E-state index contributed by atoms with van der Waals surface area (Å²) in [5.41, 5.74) is 2.10. The highest BCUT2D eigenvalue weighted by atomic mass is 32.2. The number of hydrogen-bond donors (Lipinski definition) is 1. The molecule has 0 spiro atoms. The Morgan fingerprint density at radius 1 is 1.20 bits per heavy atom. The second-order valence-corrected chi connectivity index (χ2v) is 8.50. The van der Waals surface area contributed by atoms with E-state index in [0.717, 1.165) is 17.4 Å². The van der Waals surface area contributed by atoms with Crippen LogP contribution in [0.4, 0.5) is 5.69 Å². The van der Waals surface area contributed by atoms with Crippen molar-refractivity contribution in [3.05, 3.63) is 60.7 Å². The topological polar surface area (TPSA) is 104 Å². The molecule has 0 unspecified atom stereocenters. The number of pyridine rings is 1. The van der Waals surface area contributed by atoms with E-state index in [1.807, 2.05) is 25.1 Å². The lowest BCUT2D eigenvalue weighted by Gasteiger charge is -2.13. The molecule has 4 aromatic rings. The van der Waals surface area contributed by atoms with Gasteiger partial charge in [0.25, 0.3) is 10.0 Å². The van der Waals surface area contributed by atoms with Crippen LogP contribution in [0, 0.1) is 0 Å². The fourth-order valence-corrected chi connectivity index (χ4v) is 4.38. The van der Waals surface area contributed by atoms with Crippen LogP contribution < -0.4 is 4.72 Å². The monoisotopic (exact) mass is 426 g/mol. The molecule has 156 valence electrons. The van der Waals surface area contributed by atoms with Crippen LogP contribution in [0.2, 0.25) is 0 Å². The molecule has 0 radical (unpaired) electrons. The van der Waals surface area contributed by atoms with E-state index < -0.39 is 10.0 Å². The third-order valence-corrected chi connectivity index (χ3v) is 6.23. The number of ether oxygens (including phenoxy) is 1. The largest absolute Gasteiger partial charge is 0.377 e. The molecular weight excluding hydrogens is 404 g/mol. The summed E-state index contributed by atoms with van der Waals surface area (Å²) in [6.07, 6.45) is 6.82. The van der Waals surface area contributed by atoms with Crippen LogP contribution in [-0.2, 0) is 21.8 Å². The number of benzene rings is 1. The fraction of sp³-hybridized carbons (Fsp3) is 0.250. The second kappa shape index (κ2) is 7.88. The molecule has 1 aromatic carbocycles. The van der Waals surface area contributed by atoms with E-state index in [1.54, 1.807) is 43.4 Å². The second-order valence-electron chi connectivity index (χ2n) is 6.82. The summed E-state index contributed by atoms with van der Waals surface area (Å²) >= 11 is 0. The van der Waals surface area contributed by atoms with Crippen LogP contribution in [0.3, 0.4) is 0 Å². The molecule has 0 bridgehead atoms. The first kappa shape index (κ1) is 20.0. The third-order valence-electron chi connectivity index (χ3n) is 4.91. The van der Waals surface area contributed by atoms with E-state index >= 15 is 0 Å². The molecule has 3 heterocycles. The molecule has 0 amide bonds. The Hall–Kier alpha value is -3.24. The van der Waals surface area contributed by atoms with E-state index in [2.05, 4.69) is 19.9 Å². The van der Waals surface area contributed by atoms with Crippen molar-refractivity contribution in [1.82, 2.24) is 24.5 Å². The maximum Gasteiger partial charge on any atom is 0.265 e. The van der Waals surface area contributed by atoms with Gasteiger partial charge < -0.3 is 4.74 Å². The summed E-state index contributed by atoms with van der Waals surface area (Å²) in [4.78, 5) is 4.34. The summed E-state index contributed by atoms with van der Waals surface area (Å²) in [6, 6.07) is 9.07. The zero-order valence-electron chi connectivity index (χ0n) is 16.8. The highest BCUT2D eigenvalue weighted by molar-refractivity contribution is 7.92. The van der Waals surface area contributed by atoms with Crippen molar-refractivity contribution in [1.29, 1.82) is 0 Å². The number of para-hydroxylation sites is 1. The molecule has 10 heteroatoms. The average molecular weight is 427 g/mol. The summed E-state index contributed by atoms with van der Waals surface area (Å²) in [6.45, 7) is 2.03. The smallest absolute Gasteiger partial charge is 0.265 e. The molecule has 30 heavy (non-hydrogen) atoms. The SMILES string of the molecule is CC[C@@H](OC)c1ccnc(-n2cc(S(=O)(=O)Nc3cccc4cnn(C)c34)cn2)c1. The zero-order valence-corrected chi connectivity index (χ0v) is 17.7. The fourth-order valence-electron chi connectivity index (χ4n) is 3.39. The van der Waals surface area contributed by atoms with Crippen molar-refractivity contribution in [2.75, 3.05) is 11.8 Å². The Bertz CT molecular complexity index is 1290. The average Bonchev–Trinajstić information content (AvgIpc) is 3.38. The van der Waals surface area contributed by atoms with Crippen LogP contribution in [0.25, 0.3) is 16.7 Å². The van der Waals surface area contributed by atoms with Gasteiger partial charge in [0.15, 0.2) is 5.82 Å². The van der Waals surface area contributed by atoms with Crippen LogP contribution in [-0.4, -0.2) is 40.1 Å². The van der Waals surface area contributed by atoms with Crippen molar-refractivity contribution < 1.29 is 13.2 Å². The van der Waals surface area contributed by atoms with Crippen LogP contribution in [0.1, 0.15) is 25.0 Å². The van der Waals surface area contributed by atoms with E-state index in [-0.39, 0.29) is 11.0 Å². The van der Waals surface area contributed by atoms with Gasteiger partial charge >= 0.3 is 0 Å². The van der Waals surface area contributed by atoms with Gasteiger partial charge in [-0.2, -0.15) is 10.2 Å². The highest BCUT2D eigenvalue weighted by Gasteiger charge is 2.20. The van der Waals surface area contributed by atoms with Gasteiger partial charge in [-0.25, -0.2) is 18.1 Å². The van der Waals surface area contributed by atoms with Gasteiger partial charge in [0.1, 0.15) is 4.90 Å². The normalized spacial score (nSPS) is 12.9. The number of aromatic nitrogens is 5. The van der Waals surface area contributed by atoms with Gasteiger partial charge in [-0.05, 0) is 30.2 Å². The Balaban J connectivity index is 1.65. The zero-order chi connectivity index (χ0) is 21.3. The molecule has 1 N–H and O–H groups in total. The van der Waals surface area contributed by atoms with Gasteiger partial charge in [0, 0.05) is 25.7 Å².